The molecule has 3 aliphatic heterocycles. The van der Waals surface area contributed by atoms with Crippen molar-refractivity contribution in [3.8, 4) is 17.2 Å². The Hall–Kier alpha value is -5.14. The summed E-state index contributed by atoms with van der Waals surface area (Å²) in [5, 5.41) is 136. The van der Waals surface area contributed by atoms with Crippen LogP contribution in [0.15, 0.2) is 72.8 Å². The van der Waals surface area contributed by atoms with Crippen LogP contribution in [0.25, 0.3) is 0 Å². The molecule has 25 heteroatoms. The van der Waals surface area contributed by atoms with Crippen molar-refractivity contribution in [1.29, 1.82) is 0 Å². The summed E-state index contributed by atoms with van der Waals surface area (Å²) < 4.78 is 42.9. The van der Waals surface area contributed by atoms with Gasteiger partial charge in [-0.15, -0.1) is 0 Å². The minimum atomic E-state index is -0.831. The predicted octanol–water partition coefficient (Wildman–Crippen LogP) is 13.1. The standard InChI is InChI=1S/C46H71NO11.C24H49O8.C10H21NO2.C7H6O2.CH4/c1-4-6-7-25-43(52)47-30-44-53-34(17-12-15-31(3)48)28-35(54-44)18-13-16-32(49)26-38-29-37(57-46(58-38)40-22-9-11-24-42(40)51)20-14-19-36-27-33(5-2)55-45(56-36)39-21-8-10-23-41(39)50;1-3-18(26)13-19(27)9-5-11-22(30)15-24(32)16-23(31)12-6-10-21(29)14-20(28)8-4-7-17(2)25;1-4-5-6-7-10(12)11-8-9(2)13-3;8-5-6-3-1-2-4-7(6)9;/h8-11,21-24,31-38,44-46,48-51H,4-7,12-20,25-30H2,1-3H3,(H,47,52);17-32H,2-16H2,1H3;9H,4-8H2,1-3H3,(H,11,12);1-5,9H;1H4/q;+1;;;/t31-,32?,33?,34?,35?,36?,37?,38?,44?,45?,46?;17-,18?,19?,20?,21?,22?,23?,24?;;;/m00.../s1. The van der Waals surface area contributed by atoms with Gasteiger partial charge < -0.3 is 110 Å². The maximum Gasteiger partial charge on any atom is 0.220 e. The third-order valence-corrected chi connectivity index (χ3v) is 20.6. The van der Waals surface area contributed by atoms with Gasteiger partial charge in [0.05, 0.1) is 117 Å². The van der Waals surface area contributed by atoms with E-state index in [0.29, 0.717) is 145 Å². The molecule has 0 aromatic heterocycles. The van der Waals surface area contributed by atoms with E-state index in [1.807, 2.05) is 38.1 Å². The Morgan fingerprint density at radius 1 is 0.469 bits per heavy atom. The number of hydrogen-bond donors (Lipinski definition) is 15. The van der Waals surface area contributed by atoms with Crippen LogP contribution in [-0.4, -0.2) is 215 Å². The van der Waals surface area contributed by atoms with E-state index >= 15 is 0 Å². The van der Waals surface area contributed by atoms with Gasteiger partial charge in [-0.1, -0.05) is 109 Å². The molecule has 3 fully saturated rings. The van der Waals surface area contributed by atoms with E-state index in [1.165, 1.54) is 6.07 Å². The van der Waals surface area contributed by atoms with Gasteiger partial charge in [-0.25, -0.2) is 0 Å². The van der Waals surface area contributed by atoms with Gasteiger partial charge in [0.1, 0.15) is 17.2 Å². The number of aromatic hydroxyl groups is 3. The molecule has 650 valence electrons. The summed E-state index contributed by atoms with van der Waals surface area (Å²) in [7, 11) is 1.65. The third kappa shape index (κ3) is 48.4. The number of ether oxygens (including phenoxy) is 7. The maximum atomic E-state index is 12.4. The molecule has 0 saturated carbocycles. The molecule has 3 aliphatic rings. The first-order valence-electron chi connectivity index (χ1n) is 42.1. The monoisotopic (exact) mass is 1600 g/mol. The molecule has 0 aliphatic carbocycles. The van der Waals surface area contributed by atoms with Crippen LogP contribution in [0.5, 0.6) is 17.2 Å². The minimum absolute atomic E-state index is 0. The fraction of sp³-hybridized carbons (Fsp3) is 0.750. The SMILES string of the molecule is C.CCCCCC(=O)NCC(C)OC.CCCCCC(=O)NCC1OC(CCCC(O)CC2CC(CCCC3CC(CC)OC(c4ccccc4O)O3)OC(c3ccccc3O)O2)CC(CCC[C@H](C)O)O1.O=Cc1ccccc1O.[CH2+][C@H](O)CCCC(O)CC(O)CCCC(O)CC(O)CC(O)CCCC(O)CC(O)CC. The van der Waals surface area contributed by atoms with Crippen molar-refractivity contribution >= 4 is 18.1 Å². The molecule has 113 heavy (non-hydrogen) atoms. The smallest absolute Gasteiger partial charge is 0.220 e. The Labute approximate surface area is 676 Å². The van der Waals surface area contributed by atoms with E-state index < -0.39 is 73.8 Å². The molecule has 3 heterocycles. The molecule has 2 amide bonds. The lowest BCUT2D eigenvalue weighted by Gasteiger charge is -2.38. The minimum Gasteiger partial charge on any atom is -0.507 e. The second-order valence-corrected chi connectivity index (χ2v) is 31.0. The van der Waals surface area contributed by atoms with E-state index in [0.717, 1.165) is 103 Å². The summed E-state index contributed by atoms with van der Waals surface area (Å²) in [6.07, 6.45) is 15.8. The molecule has 0 bridgehead atoms. The molecule has 3 saturated heterocycles. The van der Waals surface area contributed by atoms with Gasteiger partial charge in [0.2, 0.25) is 11.8 Å². The molecule has 20 atom stereocenters. The summed E-state index contributed by atoms with van der Waals surface area (Å²) in [6.45, 7) is 16.3. The topological polar surface area (TPSA) is 403 Å². The zero-order chi connectivity index (χ0) is 82.6. The molecule has 6 rings (SSSR count). The van der Waals surface area contributed by atoms with E-state index in [4.69, 9.17) is 43.4 Å². The van der Waals surface area contributed by atoms with Gasteiger partial charge in [-0.05, 0) is 205 Å². The van der Waals surface area contributed by atoms with Gasteiger partial charge in [-0.3, -0.25) is 14.4 Å². The van der Waals surface area contributed by atoms with E-state index in [1.54, 1.807) is 56.5 Å². The lowest BCUT2D eigenvalue weighted by atomic mass is 9.95. The number of benzene rings is 3. The summed E-state index contributed by atoms with van der Waals surface area (Å²) in [4.78, 5) is 33.6. The zero-order valence-electron chi connectivity index (χ0n) is 68.5. The number of amides is 2. The molecule has 3 aromatic carbocycles. The van der Waals surface area contributed by atoms with Crippen molar-refractivity contribution in [2.75, 3.05) is 20.2 Å². The average Bonchev–Trinajstić information content (AvgIpc) is 0.822. The Kier molecular flexibility index (Phi) is 57.1. The van der Waals surface area contributed by atoms with Crippen molar-refractivity contribution in [3.05, 3.63) is 96.4 Å². The first-order valence-corrected chi connectivity index (χ1v) is 42.1. The molecule has 15 N–H and O–H groups in total. The lowest BCUT2D eigenvalue weighted by molar-refractivity contribution is -0.257. The lowest BCUT2D eigenvalue weighted by Crippen LogP contribution is -2.44. The maximum absolute atomic E-state index is 12.4. The fourth-order valence-corrected chi connectivity index (χ4v) is 13.8. The summed E-state index contributed by atoms with van der Waals surface area (Å²) in [5.41, 5.74) is 1.54. The van der Waals surface area contributed by atoms with Gasteiger partial charge in [-0.2, -0.15) is 0 Å². The van der Waals surface area contributed by atoms with Gasteiger partial charge in [0.25, 0.3) is 0 Å². The summed E-state index contributed by atoms with van der Waals surface area (Å²) in [5.74, 6) is 0.455. The molecule has 0 radical (unpaired) electrons. The predicted molar refractivity (Wildman–Crippen MR) is 437 cm³/mol. The molecule has 25 nitrogen and oxygen atoms in total. The number of phenolic OH excluding ortho intramolecular Hbond substituents is 3. The number of aldehydes is 1. The first kappa shape index (κ1) is 104. The number of carbonyl (C=O) groups excluding carboxylic acids is 3. The molecular weight excluding hydrogens is 1450 g/mol. The zero-order valence-corrected chi connectivity index (χ0v) is 68.5. The summed E-state index contributed by atoms with van der Waals surface area (Å²) >= 11 is 0. The Balaban J connectivity index is 0.000000652. The number of unbranched alkanes of at least 4 members (excludes halogenated alkanes) is 4. The molecular formula is C88H151N2O23+. The number of rotatable bonds is 52. The quantitative estimate of drug-likeness (QED) is 0.0142. The Bertz CT molecular complexity index is 2860. The number of phenols is 3. The number of para-hydroxylation sites is 3. The second-order valence-electron chi connectivity index (χ2n) is 31.0. The average molecular weight is 1610 g/mol. The summed E-state index contributed by atoms with van der Waals surface area (Å²) in [6, 6.07) is 20.6. The fourth-order valence-electron chi connectivity index (χ4n) is 13.8. The number of nitrogens with one attached hydrogen (secondary N) is 2. The highest BCUT2D eigenvalue weighted by Gasteiger charge is 2.36. The normalized spacial score (nSPS) is 22.5. The van der Waals surface area contributed by atoms with E-state index in [-0.39, 0.29) is 105 Å². The second kappa shape index (κ2) is 62.1. The van der Waals surface area contributed by atoms with Crippen LogP contribution in [0.3, 0.4) is 0 Å². The highest BCUT2D eigenvalue weighted by molar-refractivity contribution is 5.78. The van der Waals surface area contributed by atoms with Crippen molar-refractivity contribution in [3.63, 3.8) is 0 Å². The van der Waals surface area contributed by atoms with Gasteiger partial charge in [0.15, 0.2) is 31.3 Å². The Morgan fingerprint density at radius 3 is 1.31 bits per heavy atom. The van der Waals surface area contributed by atoms with Crippen LogP contribution >= 0.6 is 0 Å². The van der Waals surface area contributed by atoms with E-state index in [9.17, 15) is 70.6 Å². The van der Waals surface area contributed by atoms with E-state index in [2.05, 4.69) is 38.3 Å². The highest BCUT2D eigenvalue weighted by atomic mass is 16.7. The first-order chi connectivity index (χ1) is 53.7. The molecule has 3 aromatic rings. The van der Waals surface area contributed by atoms with Crippen molar-refractivity contribution in [1.82, 2.24) is 10.6 Å². The van der Waals surface area contributed by atoms with Crippen LogP contribution in [0.2, 0.25) is 0 Å². The number of aliphatic hydroxyl groups is 10. The van der Waals surface area contributed by atoms with Crippen molar-refractivity contribution < 1.29 is 114 Å². The van der Waals surface area contributed by atoms with Crippen molar-refractivity contribution in [2.45, 2.75) is 403 Å². The number of aliphatic hydroxyl groups excluding tert-OH is 10. The van der Waals surface area contributed by atoms with Gasteiger partial charge >= 0.3 is 0 Å². The van der Waals surface area contributed by atoms with Crippen LogP contribution in [0.1, 0.15) is 314 Å². The highest BCUT2D eigenvalue weighted by Crippen LogP contribution is 2.40. The van der Waals surface area contributed by atoms with Crippen LogP contribution in [-0.2, 0) is 42.7 Å². The molecule has 0 spiro atoms. The number of methoxy groups -OCH3 is 1. The van der Waals surface area contributed by atoms with Crippen LogP contribution in [0.4, 0.5) is 0 Å². The van der Waals surface area contributed by atoms with Gasteiger partial charge in [0, 0.05) is 63.3 Å². The van der Waals surface area contributed by atoms with Crippen LogP contribution in [0, 0.1) is 6.92 Å². The van der Waals surface area contributed by atoms with Crippen molar-refractivity contribution in [2.24, 2.45) is 0 Å². The largest absolute Gasteiger partial charge is 0.507 e. The molecule has 18 unspecified atom stereocenters. The van der Waals surface area contributed by atoms with Crippen LogP contribution < -0.4 is 10.6 Å². The number of carbonyl (C=O) groups is 3. The number of hydrogen-bond acceptors (Lipinski definition) is 23. The third-order valence-electron chi connectivity index (χ3n) is 20.6. The Morgan fingerprint density at radius 2 is 0.867 bits per heavy atom.